The van der Waals surface area contributed by atoms with Crippen molar-refractivity contribution >= 4 is 36.4 Å². The van der Waals surface area contributed by atoms with E-state index >= 15 is 0 Å². The maximum absolute atomic E-state index is 14.0. The lowest BCUT2D eigenvalue weighted by atomic mass is 10.1. The van der Waals surface area contributed by atoms with E-state index in [0.29, 0.717) is 34.0 Å². The van der Waals surface area contributed by atoms with E-state index in [9.17, 15) is 26.0 Å². The number of nitrogens with zero attached hydrogens (tertiary/aromatic N) is 2. The van der Waals surface area contributed by atoms with Crippen LogP contribution in [0.25, 0.3) is 21.4 Å². The second-order valence-electron chi connectivity index (χ2n) is 8.25. The second kappa shape index (κ2) is 9.31. The lowest BCUT2D eigenvalue weighted by molar-refractivity contribution is -0.140. The number of aromatic nitrogens is 1. The summed E-state index contributed by atoms with van der Waals surface area (Å²) in [5.41, 5.74) is -0.343. The molecule has 0 N–H and O–H groups in total. The number of sulfonamides is 1. The van der Waals surface area contributed by atoms with E-state index < -0.39 is 34.1 Å². The maximum Gasteiger partial charge on any atom is 0.419 e. The van der Waals surface area contributed by atoms with Crippen LogP contribution in [0.15, 0.2) is 88.6 Å². The molecule has 11 heteroatoms. The summed E-state index contributed by atoms with van der Waals surface area (Å²) in [6, 6.07) is 15.8. The Bertz CT molecular complexity index is 1690. The number of oxazole rings is 1. The smallest absolute Gasteiger partial charge is 0.419 e. The van der Waals surface area contributed by atoms with E-state index in [4.69, 9.17) is 4.42 Å². The molecule has 0 amide bonds. The van der Waals surface area contributed by atoms with Crippen LogP contribution in [0, 0.1) is 12.7 Å². The maximum atomic E-state index is 14.0. The third-order valence-corrected chi connectivity index (χ3v) is 9.00. The molecule has 0 bridgehead atoms. The highest BCUT2D eigenvalue weighted by Crippen LogP contribution is 2.41. The molecule has 0 aliphatic carbocycles. The number of anilines is 1. The Balaban J connectivity index is 1.66. The first-order valence-electron chi connectivity index (χ1n) is 10.9. The van der Waals surface area contributed by atoms with Gasteiger partial charge in [-0.05, 0) is 53.8 Å². The van der Waals surface area contributed by atoms with Crippen LogP contribution in [0.4, 0.5) is 22.6 Å². The Kier molecular flexibility index (Phi) is 6.28. The second-order valence-corrected chi connectivity index (χ2v) is 11.1. The summed E-state index contributed by atoms with van der Waals surface area (Å²) in [6.07, 6.45) is -2.27. The molecule has 0 aliphatic rings. The minimum absolute atomic E-state index is 0.0134. The van der Waals surface area contributed by atoms with Crippen molar-refractivity contribution in [1.29, 1.82) is 0 Å². The van der Waals surface area contributed by atoms with Gasteiger partial charge in [0.05, 0.1) is 23.2 Å². The standard InChI is InChI=1S/C26H18F4N2O3S2/c1-16-20-7-2-3-8-24(20)36-25(16)32(14-17-9-10-22(27)21(11-17)26(28,29)30)37(33,34)19-6-4-5-18(12-19)23-13-31-15-35-23/h2-13,15H,14H2,1H3. The highest BCUT2D eigenvalue weighted by Gasteiger charge is 2.35. The van der Waals surface area contributed by atoms with Crippen molar-refractivity contribution in [3.05, 3.63) is 102 Å². The normalized spacial score (nSPS) is 12.2. The molecule has 0 saturated heterocycles. The number of hydrogen-bond acceptors (Lipinski definition) is 5. The number of halogens is 4. The van der Waals surface area contributed by atoms with Gasteiger partial charge >= 0.3 is 6.18 Å². The lowest BCUT2D eigenvalue weighted by Crippen LogP contribution is -2.30. The fraction of sp³-hybridized carbons (Fsp3) is 0.115. The van der Waals surface area contributed by atoms with Crippen molar-refractivity contribution in [3.8, 4) is 11.3 Å². The van der Waals surface area contributed by atoms with E-state index in [1.165, 1.54) is 36.1 Å². The molecule has 3 aromatic carbocycles. The number of rotatable bonds is 6. The van der Waals surface area contributed by atoms with Crippen molar-refractivity contribution in [1.82, 2.24) is 4.98 Å². The molecule has 0 aliphatic heterocycles. The molecule has 5 rings (SSSR count). The van der Waals surface area contributed by atoms with E-state index in [0.717, 1.165) is 20.5 Å². The molecule has 37 heavy (non-hydrogen) atoms. The van der Waals surface area contributed by atoms with Crippen LogP contribution in [0.5, 0.6) is 0 Å². The minimum Gasteiger partial charge on any atom is -0.444 e. The quantitative estimate of drug-likeness (QED) is 0.208. The molecule has 190 valence electrons. The zero-order chi connectivity index (χ0) is 26.4. The third kappa shape index (κ3) is 4.72. The van der Waals surface area contributed by atoms with Gasteiger partial charge in [0, 0.05) is 10.3 Å². The predicted octanol–water partition coefficient (Wildman–Crippen LogP) is 7.42. The van der Waals surface area contributed by atoms with Gasteiger partial charge in [0.25, 0.3) is 10.0 Å². The Morgan fingerprint density at radius 2 is 1.81 bits per heavy atom. The molecule has 2 aromatic heterocycles. The molecule has 0 saturated carbocycles. The van der Waals surface area contributed by atoms with Crippen molar-refractivity contribution in [2.75, 3.05) is 4.31 Å². The van der Waals surface area contributed by atoms with Crippen LogP contribution in [0.3, 0.4) is 0 Å². The summed E-state index contributed by atoms with van der Waals surface area (Å²) in [6.45, 7) is 1.32. The van der Waals surface area contributed by atoms with Crippen LogP contribution in [0.2, 0.25) is 0 Å². The summed E-state index contributed by atoms with van der Waals surface area (Å²) in [5.74, 6) is -1.07. The molecular formula is C26H18F4N2O3S2. The largest absolute Gasteiger partial charge is 0.444 e. The zero-order valence-electron chi connectivity index (χ0n) is 19.2. The predicted molar refractivity (Wildman–Crippen MR) is 133 cm³/mol. The van der Waals surface area contributed by atoms with Crippen molar-refractivity contribution < 1.29 is 30.4 Å². The van der Waals surface area contributed by atoms with Crippen LogP contribution in [-0.4, -0.2) is 13.4 Å². The molecule has 0 radical (unpaired) electrons. The molecular weight excluding hydrogens is 528 g/mol. The fourth-order valence-corrected chi connectivity index (χ4v) is 6.99. The minimum atomic E-state index is -4.93. The van der Waals surface area contributed by atoms with Gasteiger partial charge < -0.3 is 4.42 Å². The monoisotopic (exact) mass is 546 g/mol. The number of benzene rings is 3. The van der Waals surface area contributed by atoms with Crippen LogP contribution in [0.1, 0.15) is 16.7 Å². The van der Waals surface area contributed by atoms with Gasteiger partial charge in [0.2, 0.25) is 0 Å². The summed E-state index contributed by atoms with van der Waals surface area (Å²) in [5, 5.41) is 1.18. The summed E-state index contributed by atoms with van der Waals surface area (Å²) >= 11 is 1.21. The fourth-order valence-electron chi connectivity index (χ4n) is 4.01. The summed E-state index contributed by atoms with van der Waals surface area (Å²) < 4.78 is 89.3. The van der Waals surface area contributed by atoms with Crippen molar-refractivity contribution in [2.45, 2.75) is 24.5 Å². The summed E-state index contributed by atoms with van der Waals surface area (Å²) in [7, 11) is -4.29. The lowest BCUT2D eigenvalue weighted by Gasteiger charge is -2.25. The number of aryl methyl sites for hydroxylation is 1. The molecule has 0 fully saturated rings. The molecule has 0 spiro atoms. The summed E-state index contributed by atoms with van der Waals surface area (Å²) in [4.78, 5) is 3.77. The van der Waals surface area contributed by atoms with Crippen molar-refractivity contribution in [2.24, 2.45) is 0 Å². The Hall–Kier alpha value is -3.70. The first-order valence-corrected chi connectivity index (χ1v) is 13.2. The average Bonchev–Trinajstić information content (AvgIpc) is 3.52. The van der Waals surface area contributed by atoms with Crippen molar-refractivity contribution in [3.63, 3.8) is 0 Å². The SMILES string of the molecule is Cc1c(N(Cc2ccc(F)c(C(F)(F)F)c2)S(=O)(=O)c2cccc(-c3cnco3)c2)sc2ccccc12. The van der Waals surface area contributed by atoms with Gasteiger partial charge in [-0.1, -0.05) is 36.4 Å². The van der Waals surface area contributed by atoms with Crippen LogP contribution in [-0.2, 0) is 22.7 Å². The number of fused-ring (bicyclic) bond motifs is 1. The van der Waals surface area contributed by atoms with Gasteiger partial charge in [-0.15, -0.1) is 11.3 Å². The van der Waals surface area contributed by atoms with Gasteiger partial charge in [-0.25, -0.2) is 17.8 Å². The van der Waals surface area contributed by atoms with Gasteiger partial charge in [-0.2, -0.15) is 13.2 Å². The average molecular weight is 547 g/mol. The van der Waals surface area contributed by atoms with Gasteiger partial charge in [0.15, 0.2) is 12.2 Å². The van der Waals surface area contributed by atoms with Gasteiger partial charge in [0.1, 0.15) is 10.8 Å². The molecule has 0 unspecified atom stereocenters. The van der Waals surface area contributed by atoms with Gasteiger partial charge in [-0.3, -0.25) is 4.31 Å². The Morgan fingerprint density at radius 1 is 1.03 bits per heavy atom. The molecule has 5 nitrogen and oxygen atoms in total. The molecule has 2 heterocycles. The van der Waals surface area contributed by atoms with E-state index in [2.05, 4.69) is 4.98 Å². The first-order chi connectivity index (χ1) is 17.6. The number of thiophene rings is 1. The van der Waals surface area contributed by atoms with E-state index in [-0.39, 0.29) is 10.5 Å². The molecule has 0 atom stereocenters. The van der Waals surface area contributed by atoms with E-state index in [1.54, 1.807) is 19.1 Å². The topological polar surface area (TPSA) is 63.4 Å². The Labute approximate surface area is 213 Å². The third-order valence-electron chi connectivity index (χ3n) is 5.85. The molecule has 5 aromatic rings. The number of alkyl halides is 3. The Morgan fingerprint density at radius 3 is 2.51 bits per heavy atom. The highest BCUT2D eigenvalue weighted by atomic mass is 32.2. The van der Waals surface area contributed by atoms with Crippen LogP contribution < -0.4 is 4.31 Å². The van der Waals surface area contributed by atoms with E-state index in [1.807, 2.05) is 24.3 Å². The number of hydrogen-bond donors (Lipinski definition) is 0. The first kappa shape index (κ1) is 25.0. The highest BCUT2D eigenvalue weighted by molar-refractivity contribution is 7.93. The van der Waals surface area contributed by atoms with Crippen LogP contribution >= 0.6 is 11.3 Å². The zero-order valence-corrected chi connectivity index (χ0v) is 20.8.